The van der Waals surface area contributed by atoms with Gasteiger partial charge in [-0.05, 0) is 53.3 Å². The van der Waals surface area contributed by atoms with Crippen LogP contribution < -0.4 is 0 Å². The monoisotopic (exact) mass is 472 g/mol. The predicted molar refractivity (Wildman–Crippen MR) is 132 cm³/mol. The lowest BCUT2D eigenvalue weighted by Crippen LogP contribution is -2.28. The molecule has 3 nitrogen and oxygen atoms in total. The van der Waals surface area contributed by atoms with E-state index in [2.05, 4.69) is 51.8 Å². The van der Waals surface area contributed by atoms with E-state index in [1.807, 2.05) is 36.4 Å². The molecule has 162 valence electrons. The average Bonchev–Trinajstić information content (AvgIpc) is 3.07. The van der Waals surface area contributed by atoms with Gasteiger partial charge in [-0.1, -0.05) is 70.8 Å². The van der Waals surface area contributed by atoms with Crippen molar-refractivity contribution in [2.24, 2.45) is 21.1 Å². The van der Waals surface area contributed by atoms with Crippen LogP contribution >= 0.6 is 34.5 Å². The van der Waals surface area contributed by atoms with Gasteiger partial charge in [0.1, 0.15) is 5.70 Å². The molecule has 0 aliphatic heterocycles. The van der Waals surface area contributed by atoms with Gasteiger partial charge in [0.15, 0.2) is 5.78 Å². The summed E-state index contributed by atoms with van der Waals surface area (Å²) in [4.78, 5) is 14.2. The molecule has 0 N–H and O–H groups in total. The molecule has 1 aliphatic carbocycles. The topological polar surface area (TPSA) is 41.8 Å². The van der Waals surface area contributed by atoms with Gasteiger partial charge >= 0.3 is 0 Å². The fraction of sp³-hybridized carbons (Fsp3) is 0.320. The average molecular weight is 473 g/mol. The van der Waals surface area contributed by atoms with Gasteiger partial charge < -0.3 is 0 Å². The molecular formula is C25H26Cl2N2OS. The van der Waals surface area contributed by atoms with Crippen LogP contribution in [0.2, 0.25) is 9.36 Å². The Labute approximate surface area is 198 Å². The van der Waals surface area contributed by atoms with Crippen molar-refractivity contribution < 1.29 is 4.79 Å². The lowest BCUT2D eigenvalue weighted by Gasteiger charge is -2.31. The van der Waals surface area contributed by atoms with Crippen molar-refractivity contribution in [2.45, 2.75) is 41.5 Å². The highest BCUT2D eigenvalue weighted by atomic mass is 35.5. The van der Waals surface area contributed by atoms with Gasteiger partial charge in [-0.2, -0.15) is 5.11 Å². The third-order valence-corrected chi connectivity index (χ3v) is 6.33. The van der Waals surface area contributed by atoms with E-state index in [1.165, 1.54) is 11.3 Å². The summed E-state index contributed by atoms with van der Waals surface area (Å²) in [6, 6.07) is 11.0. The highest BCUT2D eigenvalue weighted by Crippen LogP contribution is 2.42. The zero-order chi connectivity index (χ0) is 23.0. The molecule has 1 aromatic carbocycles. The standard InChI is InChI=1S/C25H26Cl2N2OS/c1-24(2,3)18-12-15(13-19(23(18)30)25(4,5)6)22(20-10-11-21(27)31-20)29-28-17-9-7-8-16(26)14-17/h7-14H,1-6H3. The minimum absolute atomic E-state index is 0.0825. The van der Waals surface area contributed by atoms with E-state index in [1.54, 1.807) is 12.1 Å². The Bertz CT molecular complexity index is 1100. The zero-order valence-electron chi connectivity index (χ0n) is 18.6. The molecule has 0 fully saturated rings. The van der Waals surface area contributed by atoms with Crippen LogP contribution in [-0.4, -0.2) is 5.78 Å². The van der Waals surface area contributed by atoms with E-state index in [-0.39, 0.29) is 16.6 Å². The molecule has 0 saturated carbocycles. The number of azo groups is 1. The van der Waals surface area contributed by atoms with Crippen molar-refractivity contribution in [3.8, 4) is 0 Å². The summed E-state index contributed by atoms with van der Waals surface area (Å²) >= 11 is 13.8. The summed E-state index contributed by atoms with van der Waals surface area (Å²) in [5.74, 6) is 0.0825. The molecule has 0 saturated heterocycles. The number of Topliss-reactive ketones (excluding diaryl/α,β-unsaturated/α-hetero) is 1. The second-order valence-corrected chi connectivity index (χ2v) is 11.7. The second-order valence-electron chi connectivity index (χ2n) is 9.53. The third-order valence-electron chi connectivity index (χ3n) is 4.86. The van der Waals surface area contributed by atoms with Crippen LogP contribution in [0.4, 0.5) is 5.69 Å². The van der Waals surface area contributed by atoms with Crippen molar-refractivity contribution in [1.82, 2.24) is 0 Å². The number of rotatable bonds is 3. The molecule has 0 radical (unpaired) electrons. The van der Waals surface area contributed by atoms with Crippen LogP contribution in [0, 0.1) is 10.8 Å². The molecule has 0 bridgehead atoms. The molecular weight excluding hydrogens is 447 g/mol. The molecule has 1 aliphatic rings. The summed E-state index contributed by atoms with van der Waals surface area (Å²) in [6.07, 6.45) is 3.88. The van der Waals surface area contributed by atoms with E-state index >= 15 is 0 Å². The first-order valence-corrected chi connectivity index (χ1v) is 11.6. The number of halogens is 2. The lowest BCUT2D eigenvalue weighted by atomic mass is 9.71. The van der Waals surface area contributed by atoms with E-state index in [0.717, 1.165) is 21.6 Å². The first-order chi connectivity index (χ1) is 14.4. The van der Waals surface area contributed by atoms with Crippen molar-refractivity contribution in [3.63, 3.8) is 0 Å². The summed E-state index contributed by atoms with van der Waals surface area (Å²) in [5.41, 5.74) is 3.07. The number of ketones is 1. The molecule has 0 atom stereocenters. The van der Waals surface area contributed by atoms with Crippen LogP contribution in [-0.2, 0) is 4.79 Å². The SMILES string of the molecule is CC(C)(C)C1=CC(=C(N=Nc2cccc(Cl)c2)c2ccc(Cl)s2)C=C(C(C)(C)C)C1=O. The molecule has 0 unspecified atom stereocenters. The van der Waals surface area contributed by atoms with Gasteiger partial charge in [-0.3, -0.25) is 4.79 Å². The fourth-order valence-electron chi connectivity index (χ4n) is 3.22. The van der Waals surface area contributed by atoms with Crippen molar-refractivity contribution in [1.29, 1.82) is 0 Å². The van der Waals surface area contributed by atoms with Crippen LogP contribution in [0.3, 0.4) is 0 Å². The van der Waals surface area contributed by atoms with E-state index in [4.69, 9.17) is 23.2 Å². The zero-order valence-corrected chi connectivity index (χ0v) is 20.9. The van der Waals surface area contributed by atoms with Gasteiger partial charge in [0.2, 0.25) is 0 Å². The normalized spacial score (nSPS) is 15.4. The Morgan fingerprint density at radius 2 is 1.52 bits per heavy atom. The largest absolute Gasteiger partial charge is 0.289 e. The molecule has 31 heavy (non-hydrogen) atoms. The number of hydrogen-bond acceptors (Lipinski definition) is 4. The molecule has 0 spiro atoms. The lowest BCUT2D eigenvalue weighted by molar-refractivity contribution is -0.114. The van der Waals surface area contributed by atoms with Crippen LogP contribution in [0.15, 0.2) is 75.5 Å². The summed E-state index contributed by atoms with van der Waals surface area (Å²) in [5, 5.41) is 9.62. The Morgan fingerprint density at radius 1 is 0.903 bits per heavy atom. The minimum atomic E-state index is -0.310. The summed E-state index contributed by atoms with van der Waals surface area (Å²) in [6.45, 7) is 12.3. The first kappa shape index (κ1) is 23.6. The Kier molecular flexibility index (Phi) is 6.75. The number of allylic oxidation sites excluding steroid dienone is 5. The molecule has 6 heteroatoms. The third kappa shape index (κ3) is 5.62. The molecule has 2 aromatic rings. The molecule has 1 aromatic heterocycles. The summed E-state index contributed by atoms with van der Waals surface area (Å²) < 4.78 is 0.665. The van der Waals surface area contributed by atoms with Crippen molar-refractivity contribution in [2.75, 3.05) is 0 Å². The predicted octanol–water partition coefficient (Wildman–Crippen LogP) is 9.08. The number of carbonyl (C=O) groups excluding carboxylic acids is 1. The van der Waals surface area contributed by atoms with Crippen molar-refractivity contribution >= 4 is 51.7 Å². The van der Waals surface area contributed by atoms with Crippen LogP contribution in [0.5, 0.6) is 0 Å². The van der Waals surface area contributed by atoms with E-state index in [0.29, 0.717) is 20.7 Å². The van der Waals surface area contributed by atoms with E-state index < -0.39 is 0 Å². The minimum Gasteiger partial charge on any atom is -0.289 e. The van der Waals surface area contributed by atoms with Crippen LogP contribution in [0.25, 0.3) is 5.70 Å². The van der Waals surface area contributed by atoms with Crippen molar-refractivity contribution in [3.05, 3.63) is 79.5 Å². The molecule has 3 rings (SSSR count). The molecule has 0 amide bonds. The highest BCUT2D eigenvalue weighted by Gasteiger charge is 2.34. The second kappa shape index (κ2) is 8.85. The maximum atomic E-state index is 13.3. The number of thiophene rings is 1. The first-order valence-electron chi connectivity index (χ1n) is 10.0. The Balaban J connectivity index is 2.27. The van der Waals surface area contributed by atoms with Gasteiger partial charge in [0.25, 0.3) is 0 Å². The van der Waals surface area contributed by atoms with E-state index in [9.17, 15) is 4.79 Å². The number of benzene rings is 1. The maximum Gasteiger partial charge on any atom is 0.186 e. The summed E-state index contributed by atoms with van der Waals surface area (Å²) in [7, 11) is 0. The Morgan fingerprint density at radius 3 is 2.00 bits per heavy atom. The Hall–Kier alpha value is -2.01. The fourth-order valence-corrected chi connectivity index (χ4v) is 4.45. The van der Waals surface area contributed by atoms with Crippen LogP contribution in [0.1, 0.15) is 46.4 Å². The maximum absolute atomic E-state index is 13.3. The smallest absolute Gasteiger partial charge is 0.186 e. The molecule has 1 heterocycles. The van der Waals surface area contributed by atoms with Gasteiger partial charge in [-0.15, -0.1) is 16.5 Å². The highest BCUT2D eigenvalue weighted by molar-refractivity contribution is 7.17. The number of carbonyl (C=O) groups is 1. The van der Waals surface area contributed by atoms with Gasteiger partial charge in [-0.25, -0.2) is 0 Å². The van der Waals surface area contributed by atoms with Gasteiger partial charge in [0.05, 0.1) is 14.9 Å². The number of nitrogens with zero attached hydrogens (tertiary/aromatic N) is 2. The number of hydrogen-bond donors (Lipinski definition) is 0. The quantitative estimate of drug-likeness (QED) is 0.410. The van der Waals surface area contributed by atoms with Gasteiger partial charge in [0, 0.05) is 21.7 Å².